The first-order valence-corrected chi connectivity index (χ1v) is 9.78. The third-order valence-electron chi connectivity index (χ3n) is 4.59. The van der Waals surface area contributed by atoms with E-state index < -0.39 is 22.8 Å². The lowest BCUT2D eigenvalue weighted by atomic mass is 10.1. The van der Waals surface area contributed by atoms with Crippen LogP contribution in [0.4, 0.5) is 17.1 Å². The Hall–Kier alpha value is -4.01. The van der Waals surface area contributed by atoms with Gasteiger partial charge in [0.2, 0.25) is 0 Å². The Labute approximate surface area is 179 Å². The number of nitrogens with two attached hydrogens (primary N) is 1. The molecule has 0 radical (unpaired) electrons. The molecule has 0 aliphatic rings. The SMILES string of the molecule is CC.Cn1c(=O)c(NCc2ccccc2)c(Nc2cccc(C(N)=O)c2O)c(=O)n1C. The van der Waals surface area contributed by atoms with Gasteiger partial charge in [0.25, 0.3) is 17.0 Å². The van der Waals surface area contributed by atoms with Crippen molar-refractivity contribution >= 4 is 23.0 Å². The Kier molecular flexibility index (Phi) is 7.62. The predicted molar refractivity (Wildman–Crippen MR) is 122 cm³/mol. The molecule has 0 unspecified atom stereocenters. The number of rotatable bonds is 6. The molecule has 164 valence electrons. The van der Waals surface area contributed by atoms with Crippen molar-refractivity contribution in [1.29, 1.82) is 0 Å². The van der Waals surface area contributed by atoms with Gasteiger partial charge in [-0.1, -0.05) is 50.2 Å². The lowest BCUT2D eigenvalue weighted by molar-refractivity contribution is 0.0998. The van der Waals surface area contributed by atoms with Crippen LogP contribution in [0.2, 0.25) is 0 Å². The summed E-state index contributed by atoms with van der Waals surface area (Å²) in [6.45, 7) is 4.31. The summed E-state index contributed by atoms with van der Waals surface area (Å²) in [5.74, 6) is -1.22. The number of phenols is 1. The summed E-state index contributed by atoms with van der Waals surface area (Å²) in [4.78, 5) is 37.1. The highest BCUT2D eigenvalue weighted by molar-refractivity contribution is 5.98. The average Bonchev–Trinajstić information content (AvgIpc) is 2.78. The standard InChI is InChI=1S/C20H21N5O4.C2H6/c1-24-19(28)15(22-11-12-7-4-3-5-8-12)16(20(29)25(24)2)23-14-10-6-9-13(17(14)26)18(21)27;1-2/h3-10,22-23,26H,11H2,1-2H3,(H2,21,27);1-2H3. The van der Waals surface area contributed by atoms with Crippen molar-refractivity contribution < 1.29 is 9.90 Å². The van der Waals surface area contributed by atoms with Crippen LogP contribution in [-0.2, 0) is 20.6 Å². The first kappa shape index (κ1) is 23.3. The Bertz CT molecular complexity index is 1180. The smallest absolute Gasteiger partial charge is 0.290 e. The number of para-hydroxylation sites is 1. The second-order valence-corrected chi connectivity index (χ2v) is 6.44. The van der Waals surface area contributed by atoms with Gasteiger partial charge >= 0.3 is 0 Å². The maximum absolute atomic E-state index is 12.8. The van der Waals surface area contributed by atoms with Crippen LogP contribution in [0.1, 0.15) is 29.8 Å². The monoisotopic (exact) mass is 425 g/mol. The molecule has 3 rings (SSSR count). The number of aromatic hydroxyl groups is 1. The molecule has 0 spiro atoms. The fourth-order valence-electron chi connectivity index (χ4n) is 2.85. The van der Waals surface area contributed by atoms with Crippen molar-refractivity contribution in [1.82, 2.24) is 9.36 Å². The molecular formula is C22H27N5O4. The first-order chi connectivity index (χ1) is 14.8. The van der Waals surface area contributed by atoms with Gasteiger partial charge in [-0.05, 0) is 17.7 Å². The zero-order valence-electron chi connectivity index (χ0n) is 18.0. The van der Waals surface area contributed by atoms with Crippen molar-refractivity contribution in [3.05, 3.63) is 80.4 Å². The van der Waals surface area contributed by atoms with Gasteiger partial charge < -0.3 is 21.5 Å². The molecule has 5 N–H and O–H groups in total. The van der Waals surface area contributed by atoms with E-state index in [9.17, 15) is 19.5 Å². The highest BCUT2D eigenvalue weighted by Crippen LogP contribution is 2.30. The minimum atomic E-state index is -0.814. The molecule has 0 bridgehead atoms. The summed E-state index contributed by atoms with van der Waals surface area (Å²) in [5, 5.41) is 16.1. The molecule has 1 aromatic heterocycles. The molecule has 2 aromatic carbocycles. The number of primary amides is 1. The number of anilines is 3. The summed E-state index contributed by atoms with van der Waals surface area (Å²) in [5.41, 5.74) is 5.22. The molecule has 0 aliphatic carbocycles. The molecular weight excluding hydrogens is 398 g/mol. The largest absolute Gasteiger partial charge is 0.505 e. The molecule has 0 saturated carbocycles. The summed E-state index contributed by atoms with van der Waals surface area (Å²) in [7, 11) is 2.93. The Morgan fingerprint density at radius 3 is 2.10 bits per heavy atom. The number of aromatic nitrogens is 2. The average molecular weight is 425 g/mol. The lowest BCUT2D eigenvalue weighted by Gasteiger charge is -2.17. The van der Waals surface area contributed by atoms with Crippen LogP contribution >= 0.6 is 0 Å². The number of nitrogens with zero attached hydrogens (tertiary/aromatic N) is 2. The molecule has 9 heteroatoms. The van der Waals surface area contributed by atoms with Crippen LogP contribution in [0.25, 0.3) is 0 Å². The van der Waals surface area contributed by atoms with Crippen LogP contribution in [0.3, 0.4) is 0 Å². The van der Waals surface area contributed by atoms with Gasteiger partial charge in [0.1, 0.15) is 11.4 Å². The fourth-order valence-corrected chi connectivity index (χ4v) is 2.85. The Balaban J connectivity index is 0.00000166. The molecule has 0 atom stereocenters. The first-order valence-electron chi connectivity index (χ1n) is 9.78. The minimum Gasteiger partial charge on any atom is -0.505 e. The van der Waals surface area contributed by atoms with Crippen LogP contribution < -0.4 is 27.5 Å². The minimum absolute atomic E-state index is 0.0448. The summed E-state index contributed by atoms with van der Waals surface area (Å²) < 4.78 is 2.33. The molecule has 1 amide bonds. The van der Waals surface area contributed by atoms with Gasteiger partial charge in [-0.3, -0.25) is 14.4 Å². The molecule has 1 heterocycles. The molecule has 0 saturated heterocycles. The predicted octanol–water partition coefficient (Wildman–Crippen LogP) is 2.27. The van der Waals surface area contributed by atoms with E-state index in [0.29, 0.717) is 6.54 Å². The van der Waals surface area contributed by atoms with Crippen molar-refractivity contribution in [2.75, 3.05) is 10.6 Å². The summed E-state index contributed by atoms with van der Waals surface area (Å²) in [6.07, 6.45) is 0. The molecule has 0 aliphatic heterocycles. The van der Waals surface area contributed by atoms with Crippen LogP contribution in [0.5, 0.6) is 5.75 Å². The highest BCUT2D eigenvalue weighted by atomic mass is 16.3. The quantitative estimate of drug-likeness (QED) is 0.448. The molecule has 0 fully saturated rings. The second-order valence-electron chi connectivity index (χ2n) is 6.44. The number of hydrogen-bond acceptors (Lipinski definition) is 6. The van der Waals surface area contributed by atoms with Gasteiger partial charge in [0, 0.05) is 20.6 Å². The van der Waals surface area contributed by atoms with E-state index in [4.69, 9.17) is 5.73 Å². The number of carbonyl (C=O) groups excluding carboxylic acids is 1. The Morgan fingerprint density at radius 1 is 0.935 bits per heavy atom. The van der Waals surface area contributed by atoms with Gasteiger partial charge in [-0.15, -0.1) is 0 Å². The summed E-state index contributed by atoms with van der Waals surface area (Å²) in [6, 6.07) is 13.7. The van der Waals surface area contributed by atoms with Crippen molar-refractivity contribution in [3.63, 3.8) is 0 Å². The van der Waals surface area contributed by atoms with Crippen LogP contribution in [0.15, 0.2) is 58.1 Å². The maximum atomic E-state index is 12.8. The van der Waals surface area contributed by atoms with Crippen molar-refractivity contribution in [3.8, 4) is 5.75 Å². The molecule has 31 heavy (non-hydrogen) atoms. The van der Waals surface area contributed by atoms with Gasteiger partial charge in [0.05, 0.1) is 11.3 Å². The number of nitrogens with one attached hydrogen (secondary N) is 2. The van der Waals surface area contributed by atoms with E-state index >= 15 is 0 Å². The van der Waals surface area contributed by atoms with E-state index in [-0.39, 0.29) is 22.6 Å². The van der Waals surface area contributed by atoms with Crippen molar-refractivity contribution in [2.24, 2.45) is 19.8 Å². The Morgan fingerprint density at radius 2 is 1.52 bits per heavy atom. The maximum Gasteiger partial charge on any atom is 0.290 e. The van der Waals surface area contributed by atoms with E-state index in [1.54, 1.807) is 0 Å². The van der Waals surface area contributed by atoms with Gasteiger partial charge in [-0.25, -0.2) is 9.36 Å². The number of benzene rings is 2. The zero-order valence-corrected chi connectivity index (χ0v) is 18.0. The highest BCUT2D eigenvalue weighted by Gasteiger charge is 2.19. The van der Waals surface area contributed by atoms with Crippen LogP contribution in [-0.4, -0.2) is 20.4 Å². The number of carbonyl (C=O) groups is 1. The second kappa shape index (κ2) is 10.1. The third-order valence-corrected chi connectivity index (χ3v) is 4.59. The summed E-state index contributed by atoms with van der Waals surface area (Å²) >= 11 is 0. The third kappa shape index (κ3) is 4.95. The lowest BCUT2D eigenvalue weighted by Crippen LogP contribution is -2.38. The van der Waals surface area contributed by atoms with Crippen molar-refractivity contribution in [2.45, 2.75) is 20.4 Å². The van der Waals surface area contributed by atoms with Crippen LogP contribution in [0, 0.1) is 0 Å². The number of hydrogen-bond donors (Lipinski definition) is 4. The molecule has 3 aromatic rings. The zero-order chi connectivity index (χ0) is 23.1. The van der Waals surface area contributed by atoms with Gasteiger partial charge in [-0.2, -0.15) is 0 Å². The normalized spacial score (nSPS) is 10.1. The van der Waals surface area contributed by atoms with E-state index in [2.05, 4.69) is 10.6 Å². The van der Waals surface area contributed by atoms with E-state index in [1.807, 2.05) is 44.2 Å². The van der Waals surface area contributed by atoms with E-state index in [0.717, 1.165) is 10.2 Å². The van der Waals surface area contributed by atoms with E-state index in [1.165, 1.54) is 37.0 Å². The topological polar surface area (TPSA) is 131 Å². The number of amides is 1. The molecule has 9 nitrogen and oxygen atoms in total. The van der Waals surface area contributed by atoms with Gasteiger partial charge in [0.15, 0.2) is 5.75 Å². The fraction of sp³-hybridized carbons (Fsp3) is 0.227.